The number of aryl methyl sites for hydroxylation is 1. The second-order valence-electron chi connectivity index (χ2n) is 4.07. The summed E-state index contributed by atoms with van der Waals surface area (Å²) in [5.74, 6) is -0.497. The average molecular weight is 252 g/mol. The maximum atomic E-state index is 11.7. The Labute approximate surface area is 107 Å². The summed E-state index contributed by atoms with van der Waals surface area (Å²) in [6, 6.07) is 0. The first kappa shape index (κ1) is 14.3. The third-order valence-electron chi connectivity index (χ3n) is 2.59. The van der Waals surface area contributed by atoms with Gasteiger partial charge in [-0.1, -0.05) is 13.3 Å². The van der Waals surface area contributed by atoms with Crippen molar-refractivity contribution in [1.82, 2.24) is 4.98 Å². The minimum Gasteiger partial charge on any atom is -0.462 e. The summed E-state index contributed by atoms with van der Waals surface area (Å²) in [5.41, 5.74) is 1.59. The second-order valence-corrected chi connectivity index (χ2v) is 4.07. The lowest BCUT2D eigenvalue weighted by molar-refractivity contribution is -0.116. The lowest BCUT2D eigenvalue weighted by Crippen LogP contribution is -2.14. The molecule has 0 spiro atoms. The standard InChI is InChI=1S/C13H20N2O3/c1-4-6-7-11(16)15-10-8-14-9(3)12(10)13(17)18-5-2/h8,14H,4-7H2,1-3H3,(H,15,16). The van der Waals surface area contributed by atoms with E-state index in [1.807, 2.05) is 6.92 Å². The van der Waals surface area contributed by atoms with Crippen LogP contribution in [-0.4, -0.2) is 23.5 Å². The maximum Gasteiger partial charge on any atom is 0.342 e. The molecular weight excluding hydrogens is 232 g/mol. The van der Waals surface area contributed by atoms with E-state index >= 15 is 0 Å². The van der Waals surface area contributed by atoms with E-state index in [1.165, 1.54) is 0 Å². The molecule has 0 unspecified atom stereocenters. The van der Waals surface area contributed by atoms with Crippen LogP contribution in [0.15, 0.2) is 6.20 Å². The monoisotopic (exact) mass is 252 g/mol. The number of amides is 1. The number of carbonyl (C=O) groups excluding carboxylic acids is 2. The molecule has 5 nitrogen and oxygen atoms in total. The molecule has 1 amide bonds. The molecular formula is C13H20N2O3. The number of nitrogens with one attached hydrogen (secondary N) is 2. The summed E-state index contributed by atoms with van der Waals surface area (Å²) in [6.07, 6.45) is 3.88. The molecule has 0 aliphatic rings. The Morgan fingerprint density at radius 2 is 2.11 bits per heavy atom. The molecule has 1 rings (SSSR count). The first-order valence-corrected chi connectivity index (χ1v) is 6.25. The van der Waals surface area contributed by atoms with E-state index in [0.717, 1.165) is 12.8 Å². The highest BCUT2D eigenvalue weighted by molar-refractivity contribution is 6.02. The number of esters is 1. The van der Waals surface area contributed by atoms with Crippen LogP contribution in [0.25, 0.3) is 0 Å². The summed E-state index contributed by atoms with van der Waals surface area (Å²) in [5, 5.41) is 2.73. The Morgan fingerprint density at radius 3 is 2.72 bits per heavy atom. The molecule has 0 saturated carbocycles. The number of carbonyl (C=O) groups is 2. The number of unbranched alkanes of at least 4 members (excludes halogenated alkanes) is 1. The van der Waals surface area contributed by atoms with Crippen molar-refractivity contribution in [3.05, 3.63) is 17.5 Å². The largest absolute Gasteiger partial charge is 0.462 e. The topological polar surface area (TPSA) is 71.2 Å². The number of rotatable bonds is 6. The number of hydrogen-bond acceptors (Lipinski definition) is 3. The van der Waals surface area contributed by atoms with Crippen molar-refractivity contribution in [3.8, 4) is 0 Å². The van der Waals surface area contributed by atoms with Gasteiger partial charge in [0, 0.05) is 18.3 Å². The summed E-state index contributed by atoms with van der Waals surface area (Å²) in [4.78, 5) is 26.3. The zero-order valence-corrected chi connectivity index (χ0v) is 11.1. The minimum atomic E-state index is -0.415. The van der Waals surface area contributed by atoms with E-state index in [9.17, 15) is 9.59 Å². The summed E-state index contributed by atoms with van der Waals surface area (Å²) < 4.78 is 4.96. The van der Waals surface area contributed by atoms with Gasteiger partial charge in [-0.15, -0.1) is 0 Å². The normalized spacial score (nSPS) is 10.2. The third-order valence-corrected chi connectivity index (χ3v) is 2.59. The van der Waals surface area contributed by atoms with Gasteiger partial charge in [0.15, 0.2) is 0 Å². The zero-order valence-electron chi connectivity index (χ0n) is 11.1. The zero-order chi connectivity index (χ0) is 13.5. The van der Waals surface area contributed by atoms with Crippen LogP contribution >= 0.6 is 0 Å². The van der Waals surface area contributed by atoms with Gasteiger partial charge in [-0.2, -0.15) is 0 Å². The fourth-order valence-electron chi connectivity index (χ4n) is 1.64. The lowest BCUT2D eigenvalue weighted by Gasteiger charge is -2.06. The van der Waals surface area contributed by atoms with Gasteiger partial charge in [-0.25, -0.2) is 4.79 Å². The predicted octanol–water partition coefficient (Wildman–Crippen LogP) is 2.63. The van der Waals surface area contributed by atoms with E-state index in [0.29, 0.717) is 30.0 Å². The van der Waals surface area contributed by atoms with E-state index in [1.54, 1.807) is 20.0 Å². The first-order chi connectivity index (χ1) is 8.60. The molecule has 0 aromatic carbocycles. The molecule has 0 bridgehead atoms. The highest BCUT2D eigenvalue weighted by Crippen LogP contribution is 2.20. The summed E-state index contributed by atoms with van der Waals surface area (Å²) >= 11 is 0. The van der Waals surface area contributed by atoms with Crippen LogP contribution in [0.2, 0.25) is 0 Å². The fraction of sp³-hybridized carbons (Fsp3) is 0.538. The van der Waals surface area contributed by atoms with Gasteiger partial charge in [0.25, 0.3) is 0 Å². The molecule has 0 fully saturated rings. The van der Waals surface area contributed by atoms with E-state index in [4.69, 9.17) is 4.74 Å². The Kier molecular flexibility index (Phi) is 5.42. The van der Waals surface area contributed by atoms with Crippen molar-refractivity contribution in [1.29, 1.82) is 0 Å². The smallest absolute Gasteiger partial charge is 0.342 e. The summed E-state index contributed by atoms with van der Waals surface area (Å²) in [7, 11) is 0. The van der Waals surface area contributed by atoms with Crippen LogP contribution in [0.1, 0.15) is 49.2 Å². The van der Waals surface area contributed by atoms with Crippen molar-refractivity contribution in [2.45, 2.75) is 40.0 Å². The average Bonchev–Trinajstić information content (AvgIpc) is 2.68. The van der Waals surface area contributed by atoms with Gasteiger partial charge in [0.1, 0.15) is 5.56 Å². The van der Waals surface area contributed by atoms with Crippen LogP contribution in [0.3, 0.4) is 0 Å². The van der Waals surface area contributed by atoms with Crippen molar-refractivity contribution in [2.24, 2.45) is 0 Å². The number of aromatic amines is 1. The second kappa shape index (κ2) is 6.83. The maximum absolute atomic E-state index is 11.7. The minimum absolute atomic E-state index is 0.0820. The van der Waals surface area contributed by atoms with Crippen LogP contribution in [0, 0.1) is 6.92 Å². The Balaban J connectivity index is 2.77. The Hall–Kier alpha value is -1.78. The fourth-order valence-corrected chi connectivity index (χ4v) is 1.64. The molecule has 0 aliphatic heterocycles. The van der Waals surface area contributed by atoms with Gasteiger partial charge >= 0.3 is 5.97 Å². The van der Waals surface area contributed by atoms with Crippen LogP contribution in [-0.2, 0) is 9.53 Å². The van der Waals surface area contributed by atoms with Gasteiger partial charge in [0.05, 0.1) is 12.3 Å². The van der Waals surface area contributed by atoms with E-state index in [-0.39, 0.29) is 5.91 Å². The number of hydrogen-bond donors (Lipinski definition) is 2. The molecule has 100 valence electrons. The lowest BCUT2D eigenvalue weighted by atomic mass is 10.2. The molecule has 5 heteroatoms. The quantitative estimate of drug-likeness (QED) is 0.764. The van der Waals surface area contributed by atoms with Gasteiger partial charge in [-0.3, -0.25) is 4.79 Å². The molecule has 0 saturated heterocycles. The molecule has 1 heterocycles. The van der Waals surface area contributed by atoms with Gasteiger partial charge < -0.3 is 15.0 Å². The highest BCUT2D eigenvalue weighted by atomic mass is 16.5. The number of H-pyrrole nitrogens is 1. The number of aromatic nitrogens is 1. The molecule has 2 N–H and O–H groups in total. The number of ether oxygens (including phenoxy) is 1. The molecule has 1 aromatic rings. The van der Waals surface area contributed by atoms with E-state index < -0.39 is 5.97 Å². The molecule has 1 aromatic heterocycles. The van der Waals surface area contributed by atoms with Crippen molar-refractivity contribution in [3.63, 3.8) is 0 Å². The van der Waals surface area contributed by atoms with Crippen molar-refractivity contribution < 1.29 is 14.3 Å². The first-order valence-electron chi connectivity index (χ1n) is 6.25. The third kappa shape index (κ3) is 3.61. The summed E-state index contributed by atoms with van der Waals surface area (Å²) in [6.45, 7) is 5.86. The molecule has 0 radical (unpaired) electrons. The molecule has 18 heavy (non-hydrogen) atoms. The van der Waals surface area contributed by atoms with Gasteiger partial charge in [0.2, 0.25) is 5.91 Å². The van der Waals surface area contributed by atoms with Crippen LogP contribution in [0.5, 0.6) is 0 Å². The van der Waals surface area contributed by atoms with Gasteiger partial charge in [-0.05, 0) is 20.3 Å². The van der Waals surface area contributed by atoms with Crippen LogP contribution in [0.4, 0.5) is 5.69 Å². The van der Waals surface area contributed by atoms with Crippen LogP contribution < -0.4 is 5.32 Å². The van der Waals surface area contributed by atoms with Crippen molar-refractivity contribution in [2.75, 3.05) is 11.9 Å². The van der Waals surface area contributed by atoms with Crippen molar-refractivity contribution >= 4 is 17.6 Å². The highest BCUT2D eigenvalue weighted by Gasteiger charge is 2.18. The Bertz CT molecular complexity index is 424. The molecule has 0 aliphatic carbocycles. The SMILES string of the molecule is CCCCC(=O)Nc1c[nH]c(C)c1C(=O)OCC. The number of anilines is 1. The van der Waals surface area contributed by atoms with E-state index in [2.05, 4.69) is 10.3 Å². The molecule has 0 atom stereocenters. The predicted molar refractivity (Wildman–Crippen MR) is 69.6 cm³/mol. The Morgan fingerprint density at radius 1 is 1.39 bits per heavy atom.